The molecule has 0 amide bonds. The third-order valence-electron chi connectivity index (χ3n) is 7.89. The molecule has 1 aromatic heterocycles. The summed E-state index contributed by atoms with van der Waals surface area (Å²) in [5.41, 5.74) is 13.2. The van der Waals surface area contributed by atoms with Gasteiger partial charge in [0.1, 0.15) is 0 Å². The Kier molecular flexibility index (Phi) is 4.86. The zero-order valence-corrected chi connectivity index (χ0v) is 21.6. The molecule has 0 bridgehead atoms. The lowest BCUT2D eigenvalue weighted by molar-refractivity contribution is 1.26. The summed E-state index contributed by atoms with van der Waals surface area (Å²) < 4.78 is 2.69. The van der Waals surface area contributed by atoms with Crippen LogP contribution in [0.2, 0.25) is 0 Å². The molecule has 0 aliphatic heterocycles. The van der Waals surface area contributed by atoms with E-state index in [1.165, 1.54) is 75.8 Å². The van der Waals surface area contributed by atoms with E-state index in [0.717, 1.165) is 6.42 Å². The minimum absolute atomic E-state index is 1.02. The molecule has 0 saturated heterocycles. The Labute approximate surface area is 226 Å². The Balaban J connectivity index is 1.39. The summed E-state index contributed by atoms with van der Waals surface area (Å²) in [5, 5.41) is 2.66. The van der Waals surface area contributed by atoms with Gasteiger partial charge in [0.25, 0.3) is 0 Å². The van der Waals surface area contributed by atoms with Gasteiger partial charge in [0.05, 0.1) is 0 Å². The van der Waals surface area contributed by atoms with Crippen LogP contribution in [0.1, 0.15) is 11.1 Å². The highest BCUT2D eigenvalue weighted by molar-refractivity contribution is 7.26. The fourth-order valence-electron chi connectivity index (χ4n) is 5.99. The van der Waals surface area contributed by atoms with Crippen molar-refractivity contribution in [2.45, 2.75) is 6.42 Å². The normalized spacial score (nSPS) is 12.1. The van der Waals surface area contributed by atoms with Crippen LogP contribution in [0.15, 0.2) is 133 Å². The number of hydrogen-bond acceptors (Lipinski definition) is 1. The van der Waals surface area contributed by atoms with Crippen molar-refractivity contribution in [3.63, 3.8) is 0 Å². The van der Waals surface area contributed by atoms with E-state index in [1.807, 2.05) is 11.3 Å². The largest absolute Gasteiger partial charge is 0.135 e. The fourth-order valence-corrected chi connectivity index (χ4v) is 7.19. The van der Waals surface area contributed by atoms with Crippen LogP contribution >= 0.6 is 11.3 Å². The van der Waals surface area contributed by atoms with Crippen LogP contribution < -0.4 is 0 Å². The summed E-state index contributed by atoms with van der Waals surface area (Å²) >= 11 is 1.91. The second-order valence-corrected chi connectivity index (χ2v) is 11.2. The van der Waals surface area contributed by atoms with E-state index in [4.69, 9.17) is 0 Å². The zero-order valence-electron chi connectivity index (χ0n) is 20.8. The highest BCUT2D eigenvalue weighted by Crippen LogP contribution is 2.46. The molecule has 1 heteroatoms. The van der Waals surface area contributed by atoms with Crippen molar-refractivity contribution in [1.29, 1.82) is 0 Å². The molecule has 6 aromatic carbocycles. The Morgan fingerprint density at radius 2 is 1.03 bits per heavy atom. The van der Waals surface area contributed by atoms with Crippen LogP contribution in [0.25, 0.3) is 64.7 Å². The summed E-state index contributed by atoms with van der Waals surface area (Å²) in [4.78, 5) is 0. The third-order valence-corrected chi connectivity index (χ3v) is 9.11. The standard InChI is InChI=1S/C37H24S/c1-3-9-24(10-4-1)26-17-18-36-34(20-26)35-23-30(25-11-5-2-6-12-25)22-33(37(35)38-36)29-16-15-28-19-27-13-7-8-14-31(27)32(28)21-29/h1-18,20-23H,19H2. The van der Waals surface area contributed by atoms with E-state index >= 15 is 0 Å². The van der Waals surface area contributed by atoms with E-state index in [0.29, 0.717) is 0 Å². The molecule has 1 heterocycles. The first kappa shape index (κ1) is 21.6. The average molecular weight is 501 g/mol. The monoisotopic (exact) mass is 500 g/mol. The van der Waals surface area contributed by atoms with Crippen LogP contribution in [-0.4, -0.2) is 0 Å². The number of rotatable bonds is 3. The van der Waals surface area contributed by atoms with E-state index < -0.39 is 0 Å². The first-order chi connectivity index (χ1) is 18.8. The molecule has 0 fully saturated rings. The summed E-state index contributed by atoms with van der Waals surface area (Å²) in [7, 11) is 0. The molecule has 1 aliphatic carbocycles. The van der Waals surface area contributed by atoms with E-state index in [-0.39, 0.29) is 0 Å². The highest BCUT2D eigenvalue weighted by atomic mass is 32.1. The smallest absolute Gasteiger partial charge is 0.0434 e. The molecule has 0 unspecified atom stereocenters. The molecule has 178 valence electrons. The SMILES string of the molecule is c1ccc(-c2ccc3sc4c(-c5ccc6c(c5)-c5ccccc5C6)cc(-c5ccccc5)cc4c3c2)cc1. The molecule has 1 aliphatic rings. The molecule has 0 N–H and O–H groups in total. The van der Waals surface area contributed by atoms with Gasteiger partial charge in [-0.2, -0.15) is 0 Å². The second kappa shape index (κ2) is 8.55. The average Bonchev–Trinajstić information content (AvgIpc) is 3.55. The minimum atomic E-state index is 1.02. The summed E-state index contributed by atoms with van der Waals surface area (Å²) in [6.45, 7) is 0. The molecule has 0 nitrogen and oxygen atoms in total. The first-order valence-electron chi connectivity index (χ1n) is 13.1. The Morgan fingerprint density at radius 1 is 0.395 bits per heavy atom. The van der Waals surface area contributed by atoms with Crippen LogP contribution in [-0.2, 0) is 6.42 Å². The molecular formula is C37H24S. The molecule has 0 spiro atoms. The highest BCUT2D eigenvalue weighted by Gasteiger charge is 2.20. The van der Waals surface area contributed by atoms with Crippen molar-refractivity contribution in [3.05, 3.63) is 145 Å². The van der Waals surface area contributed by atoms with Crippen LogP contribution in [0, 0.1) is 0 Å². The van der Waals surface area contributed by atoms with E-state index in [1.54, 1.807) is 0 Å². The van der Waals surface area contributed by atoms with E-state index in [2.05, 4.69) is 133 Å². The maximum atomic E-state index is 2.42. The van der Waals surface area contributed by atoms with Gasteiger partial charge in [-0.15, -0.1) is 11.3 Å². The molecule has 0 atom stereocenters. The Bertz CT molecular complexity index is 1980. The van der Waals surface area contributed by atoms with Crippen molar-refractivity contribution in [2.24, 2.45) is 0 Å². The minimum Gasteiger partial charge on any atom is -0.135 e. The lowest BCUT2D eigenvalue weighted by Crippen LogP contribution is -1.86. The van der Waals surface area contributed by atoms with Gasteiger partial charge in [0, 0.05) is 25.7 Å². The fraction of sp³-hybridized carbons (Fsp3) is 0.0270. The predicted molar refractivity (Wildman–Crippen MR) is 164 cm³/mol. The number of thiophene rings is 1. The van der Waals surface area contributed by atoms with Gasteiger partial charge < -0.3 is 0 Å². The molecule has 38 heavy (non-hydrogen) atoms. The second-order valence-electron chi connectivity index (χ2n) is 10.2. The third kappa shape index (κ3) is 3.44. The van der Waals surface area contributed by atoms with Crippen molar-refractivity contribution in [1.82, 2.24) is 0 Å². The zero-order chi connectivity index (χ0) is 25.1. The van der Waals surface area contributed by atoms with Gasteiger partial charge in [-0.25, -0.2) is 0 Å². The van der Waals surface area contributed by atoms with Gasteiger partial charge >= 0.3 is 0 Å². The molecule has 7 aromatic rings. The Morgan fingerprint density at radius 3 is 1.84 bits per heavy atom. The van der Waals surface area contributed by atoms with Crippen molar-refractivity contribution >= 4 is 31.5 Å². The first-order valence-corrected chi connectivity index (χ1v) is 14.0. The van der Waals surface area contributed by atoms with Crippen LogP contribution in [0.5, 0.6) is 0 Å². The lowest BCUT2D eigenvalue weighted by atomic mass is 9.93. The quantitative estimate of drug-likeness (QED) is 0.226. The topological polar surface area (TPSA) is 0 Å². The molecule has 0 radical (unpaired) electrons. The van der Waals surface area contributed by atoms with Crippen molar-refractivity contribution < 1.29 is 0 Å². The summed E-state index contributed by atoms with van der Waals surface area (Å²) in [5.74, 6) is 0. The van der Waals surface area contributed by atoms with Gasteiger partial charge in [-0.1, -0.05) is 103 Å². The molecule has 8 rings (SSSR count). The Hall–Kier alpha value is -4.46. The van der Waals surface area contributed by atoms with Crippen LogP contribution in [0.3, 0.4) is 0 Å². The predicted octanol–water partition coefficient (Wildman–Crippen LogP) is 10.6. The molecular weight excluding hydrogens is 476 g/mol. The van der Waals surface area contributed by atoms with Gasteiger partial charge in [-0.05, 0) is 86.8 Å². The summed E-state index contributed by atoms with van der Waals surface area (Å²) in [6, 6.07) is 49.1. The summed E-state index contributed by atoms with van der Waals surface area (Å²) in [6.07, 6.45) is 1.02. The van der Waals surface area contributed by atoms with Crippen LogP contribution in [0.4, 0.5) is 0 Å². The molecule has 0 saturated carbocycles. The maximum absolute atomic E-state index is 2.42. The maximum Gasteiger partial charge on any atom is 0.0434 e. The lowest BCUT2D eigenvalue weighted by Gasteiger charge is -2.11. The van der Waals surface area contributed by atoms with Gasteiger partial charge in [0.2, 0.25) is 0 Å². The van der Waals surface area contributed by atoms with Gasteiger partial charge in [0.15, 0.2) is 0 Å². The van der Waals surface area contributed by atoms with Crippen molar-refractivity contribution in [3.8, 4) is 44.5 Å². The number of fused-ring (bicyclic) bond motifs is 6. The van der Waals surface area contributed by atoms with Crippen molar-refractivity contribution in [2.75, 3.05) is 0 Å². The number of benzene rings is 6. The number of hydrogen-bond donors (Lipinski definition) is 0. The van der Waals surface area contributed by atoms with E-state index in [9.17, 15) is 0 Å². The van der Waals surface area contributed by atoms with Gasteiger partial charge in [-0.3, -0.25) is 0 Å².